The minimum Gasteiger partial charge on any atom is -0.456 e. The lowest BCUT2D eigenvalue weighted by Crippen LogP contribution is -2.15. The van der Waals surface area contributed by atoms with Gasteiger partial charge in [0.2, 0.25) is 0 Å². The van der Waals surface area contributed by atoms with Gasteiger partial charge in [-0.3, -0.25) is 0 Å². The molecule has 0 amide bonds. The molecule has 0 fully saturated rings. The summed E-state index contributed by atoms with van der Waals surface area (Å²) < 4.78 is 6.08. The summed E-state index contributed by atoms with van der Waals surface area (Å²) in [5.41, 5.74) is 4.24. The van der Waals surface area contributed by atoms with E-state index in [1.54, 1.807) is 18.5 Å². The topological polar surface area (TPSA) is 88.4 Å². The lowest BCUT2D eigenvalue weighted by molar-refractivity contribution is 0.421. The van der Waals surface area contributed by atoms with Crippen LogP contribution in [-0.4, -0.2) is 31.2 Å². The van der Waals surface area contributed by atoms with E-state index in [1.807, 2.05) is 49.3 Å². The molecule has 0 saturated heterocycles. The Labute approximate surface area is 197 Å². The number of ether oxygens (including phenoxy) is 1. The Kier molecular flexibility index (Phi) is 6.65. The van der Waals surface area contributed by atoms with Crippen molar-refractivity contribution in [2.45, 2.75) is 34.1 Å². The SMILES string of the molecule is C/C=N\N1C=CC(Oc2ccc(Nc3ncnc4cnc(C)nc34)cc2Cl)=CC1=C(C)CC. The summed E-state index contributed by atoms with van der Waals surface area (Å²) in [7, 11) is 0. The summed E-state index contributed by atoms with van der Waals surface area (Å²) in [4.78, 5) is 17.2. The molecule has 8 nitrogen and oxygen atoms in total. The number of fused-ring (bicyclic) bond motifs is 1. The highest BCUT2D eigenvalue weighted by atomic mass is 35.5. The van der Waals surface area contributed by atoms with E-state index in [4.69, 9.17) is 16.3 Å². The van der Waals surface area contributed by atoms with Gasteiger partial charge in [0.25, 0.3) is 0 Å². The fraction of sp³-hybridized carbons (Fsp3) is 0.208. The summed E-state index contributed by atoms with van der Waals surface area (Å²) in [6.45, 7) is 7.90. The van der Waals surface area contributed by atoms with Crippen molar-refractivity contribution in [3.05, 3.63) is 77.0 Å². The highest BCUT2D eigenvalue weighted by Crippen LogP contribution is 2.32. The minimum atomic E-state index is 0.463. The van der Waals surface area contributed by atoms with E-state index in [0.717, 1.165) is 17.8 Å². The van der Waals surface area contributed by atoms with Crippen LogP contribution in [0.25, 0.3) is 11.0 Å². The summed E-state index contributed by atoms with van der Waals surface area (Å²) in [5, 5.41) is 9.93. The molecule has 0 spiro atoms. The maximum atomic E-state index is 6.54. The van der Waals surface area contributed by atoms with Crippen LogP contribution in [0.5, 0.6) is 5.75 Å². The number of anilines is 2. The number of allylic oxidation sites excluding steroid dienone is 3. The number of nitrogens with one attached hydrogen (secondary N) is 1. The molecule has 0 bridgehead atoms. The molecule has 0 radical (unpaired) electrons. The van der Waals surface area contributed by atoms with Crippen molar-refractivity contribution in [1.82, 2.24) is 24.9 Å². The number of aromatic nitrogens is 4. The van der Waals surface area contributed by atoms with Crippen LogP contribution in [0.1, 0.15) is 33.0 Å². The third kappa shape index (κ3) is 5.01. The number of hydrogen-bond donors (Lipinski definition) is 1. The van der Waals surface area contributed by atoms with Crippen molar-refractivity contribution in [2.75, 3.05) is 5.32 Å². The zero-order valence-corrected chi connectivity index (χ0v) is 19.6. The number of benzene rings is 1. The summed E-state index contributed by atoms with van der Waals surface area (Å²) >= 11 is 6.54. The Hall–Kier alpha value is -3.78. The van der Waals surface area contributed by atoms with Crippen molar-refractivity contribution in [3.63, 3.8) is 0 Å². The van der Waals surface area contributed by atoms with E-state index < -0.39 is 0 Å². The molecule has 3 aromatic rings. The molecule has 4 rings (SSSR count). The first-order valence-corrected chi connectivity index (χ1v) is 10.9. The summed E-state index contributed by atoms with van der Waals surface area (Å²) in [6.07, 6.45) is 11.5. The zero-order chi connectivity index (χ0) is 23.4. The van der Waals surface area contributed by atoms with Crippen LogP contribution in [0.4, 0.5) is 11.5 Å². The van der Waals surface area contributed by atoms with Gasteiger partial charge in [0.1, 0.15) is 34.7 Å². The lowest BCUT2D eigenvalue weighted by atomic mass is 10.1. The Morgan fingerprint density at radius 2 is 2.12 bits per heavy atom. The molecule has 168 valence electrons. The second kappa shape index (κ2) is 9.79. The van der Waals surface area contributed by atoms with Gasteiger partial charge in [-0.1, -0.05) is 18.5 Å². The van der Waals surface area contributed by atoms with Crippen LogP contribution in [0, 0.1) is 6.92 Å². The smallest absolute Gasteiger partial charge is 0.160 e. The van der Waals surface area contributed by atoms with Gasteiger partial charge >= 0.3 is 0 Å². The largest absolute Gasteiger partial charge is 0.456 e. The van der Waals surface area contributed by atoms with Gasteiger partial charge in [-0.05, 0) is 57.0 Å². The number of nitrogens with zero attached hydrogens (tertiary/aromatic N) is 6. The second-order valence-corrected chi connectivity index (χ2v) is 7.75. The predicted octanol–water partition coefficient (Wildman–Crippen LogP) is 5.91. The van der Waals surface area contributed by atoms with Gasteiger partial charge in [0, 0.05) is 24.2 Å². The highest BCUT2D eigenvalue weighted by Gasteiger charge is 2.15. The molecule has 0 saturated carbocycles. The van der Waals surface area contributed by atoms with Crippen molar-refractivity contribution < 1.29 is 4.74 Å². The molecule has 9 heteroatoms. The summed E-state index contributed by atoms with van der Waals surface area (Å²) in [6, 6.07) is 5.47. The van der Waals surface area contributed by atoms with Gasteiger partial charge in [-0.15, -0.1) is 0 Å². The second-order valence-electron chi connectivity index (χ2n) is 7.35. The fourth-order valence-corrected chi connectivity index (χ4v) is 3.44. The highest BCUT2D eigenvalue weighted by molar-refractivity contribution is 6.32. The average molecular weight is 462 g/mol. The maximum absolute atomic E-state index is 6.54. The van der Waals surface area contributed by atoms with E-state index in [9.17, 15) is 0 Å². The normalized spacial score (nSPS) is 15.2. The van der Waals surface area contributed by atoms with Crippen LogP contribution in [-0.2, 0) is 0 Å². The predicted molar refractivity (Wildman–Crippen MR) is 131 cm³/mol. The molecule has 0 unspecified atom stereocenters. The van der Waals surface area contributed by atoms with E-state index >= 15 is 0 Å². The Balaban J connectivity index is 1.57. The first kappa shape index (κ1) is 22.4. The molecule has 3 heterocycles. The number of hydrazone groups is 1. The van der Waals surface area contributed by atoms with Crippen LogP contribution in [0.3, 0.4) is 0 Å². The van der Waals surface area contributed by atoms with Crippen LogP contribution in [0.15, 0.2) is 71.2 Å². The third-order valence-corrected chi connectivity index (χ3v) is 5.33. The van der Waals surface area contributed by atoms with Crippen molar-refractivity contribution >= 4 is 40.4 Å². The molecular formula is C24H24ClN7O. The van der Waals surface area contributed by atoms with Crippen LogP contribution >= 0.6 is 11.6 Å². The quantitative estimate of drug-likeness (QED) is 0.456. The minimum absolute atomic E-state index is 0.463. The molecule has 2 aromatic heterocycles. The monoisotopic (exact) mass is 461 g/mol. The fourth-order valence-electron chi connectivity index (χ4n) is 3.22. The molecule has 1 aromatic carbocycles. The Bertz CT molecular complexity index is 1310. The molecule has 1 N–H and O–H groups in total. The van der Waals surface area contributed by atoms with Gasteiger partial charge in [0.05, 0.1) is 16.9 Å². The Morgan fingerprint density at radius 1 is 1.27 bits per heavy atom. The standard InChI is InChI=1S/C24H24ClN7O/c1-5-15(3)21-12-18(9-10-32(21)29-6-2)33-22-8-7-17(11-19(22)25)31-24-23-20(27-14-28-24)13-26-16(4)30-23/h6-14H,5H2,1-4H3,(H,27,28,31)/b21-15?,29-6-. The number of aryl methyl sites for hydroxylation is 1. The van der Waals surface area contributed by atoms with E-state index in [-0.39, 0.29) is 0 Å². The first-order valence-electron chi connectivity index (χ1n) is 10.5. The molecule has 33 heavy (non-hydrogen) atoms. The molecule has 0 aliphatic carbocycles. The van der Waals surface area contributed by atoms with Crippen molar-refractivity contribution in [1.29, 1.82) is 0 Å². The van der Waals surface area contributed by atoms with E-state index in [0.29, 0.717) is 39.2 Å². The van der Waals surface area contributed by atoms with Crippen molar-refractivity contribution in [3.8, 4) is 5.75 Å². The van der Waals surface area contributed by atoms with Gasteiger partial charge in [0.15, 0.2) is 5.82 Å². The molecular weight excluding hydrogens is 438 g/mol. The number of rotatable bonds is 6. The maximum Gasteiger partial charge on any atom is 0.160 e. The average Bonchev–Trinajstić information content (AvgIpc) is 2.82. The lowest BCUT2D eigenvalue weighted by Gasteiger charge is -2.23. The van der Waals surface area contributed by atoms with E-state index in [1.165, 1.54) is 11.9 Å². The third-order valence-electron chi connectivity index (χ3n) is 5.03. The number of halogens is 1. The molecule has 1 aliphatic rings. The Morgan fingerprint density at radius 3 is 2.88 bits per heavy atom. The van der Waals surface area contributed by atoms with Gasteiger partial charge in [-0.25, -0.2) is 24.9 Å². The molecule has 0 atom stereocenters. The zero-order valence-electron chi connectivity index (χ0n) is 18.9. The van der Waals surface area contributed by atoms with Gasteiger partial charge in [-0.2, -0.15) is 5.10 Å². The van der Waals surface area contributed by atoms with Crippen LogP contribution < -0.4 is 10.1 Å². The van der Waals surface area contributed by atoms with E-state index in [2.05, 4.69) is 44.2 Å². The van der Waals surface area contributed by atoms with Crippen LogP contribution in [0.2, 0.25) is 5.02 Å². The molecule has 1 aliphatic heterocycles. The van der Waals surface area contributed by atoms with Crippen molar-refractivity contribution in [2.24, 2.45) is 5.10 Å². The first-order chi connectivity index (χ1) is 16.0. The van der Waals surface area contributed by atoms with Gasteiger partial charge < -0.3 is 10.1 Å². The number of hydrogen-bond acceptors (Lipinski definition) is 8. The summed E-state index contributed by atoms with van der Waals surface area (Å²) in [5.74, 6) is 2.45.